The summed E-state index contributed by atoms with van der Waals surface area (Å²) >= 11 is 1.69. The third-order valence-electron chi connectivity index (χ3n) is 2.11. The van der Waals surface area contributed by atoms with Gasteiger partial charge in [-0.2, -0.15) is 0 Å². The van der Waals surface area contributed by atoms with Gasteiger partial charge in [-0.3, -0.25) is 0 Å². The highest BCUT2D eigenvalue weighted by Crippen LogP contribution is 2.20. The number of aromatic nitrogens is 1. The second kappa shape index (κ2) is 6.05. The van der Waals surface area contributed by atoms with E-state index in [1.54, 1.807) is 11.3 Å². The van der Waals surface area contributed by atoms with Gasteiger partial charge >= 0.3 is 0 Å². The minimum atomic E-state index is 0.236. The van der Waals surface area contributed by atoms with Gasteiger partial charge in [-0.15, -0.1) is 11.3 Å². The Morgan fingerprint density at radius 3 is 2.87 bits per heavy atom. The van der Waals surface area contributed by atoms with Crippen molar-refractivity contribution in [2.24, 2.45) is 0 Å². The van der Waals surface area contributed by atoms with Crippen molar-refractivity contribution in [2.45, 2.75) is 25.9 Å². The molecule has 0 aliphatic rings. The molecular weight excluding hydrogens is 210 g/mol. The summed E-state index contributed by atoms with van der Waals surface area (Å²) in [6.07, 6.45) is 2.69. The van der Waals surface area contributed by atoms with Gasteiger partial charge in [0.2, 0.25) is 0 Å². The Hall–Kier alpha value is -0.650. The normalized spacial score (nSPS) is 12.8. The molecular formula is C10H19N3OS. The van der Waals surface area contributed by atoms with Crippen LogP contribution in [0.2, 0.25) is 0 Å². The zero-order valence-corrected chi connectivity index (χ0v) is 10.3. The lowest BCUT2D eigenvalue weighted by Gasteiger charge is -2.10. The molecule has 0 saturated carbocycles. The molecule has 1 unspecified atom stereocenters. The summed E-state index contributed by atoms with van der Waals surface area (Å²) < 4.78 is 0. The quantitative estimate of drug-likeness (QED) is 0.766. The van der Waals surface area contributed by atoms with E-state index in [1.807, 2.05) is 25.2 Å². The van der Waals surface area contributed by atoms with Crippen LogP contribution in [0.25, 0.3) is 0 Å². The van der Waals surface area contributed by atoms with Gasteiger partial charge in [0.25, 0.3) is 0 Å². The number of aliphatic hydroxyl groups excluding tert-OH is 1. The smallest absolute Gasteiger partial charge is 0.185 e. The van der Waals surface area contributed by atoms with E-state index in [2.05, 4.69) is 17.2 Å². The molecule has 4 nitrogen and oxygen atoms in total. The lowest BCUT2D eigenvalue weighted by Crippen LogP contribution is -2.25. The van der Waals surface area contributed by atoms with Crippen molar-refractivity contribution in [1.82, 2.24) is 10.3 Å². The molecule has 2 N–H and O–H groups in total. The maximum absolute atomic E-state index is 8.75. The zero-order valence-electron chi connectivity index (χ0n) is 9.53. The Morgan fingerprint density at radius 1 is 1.60 bits per heavy atom. The molecule has 0 bridgehead atoms. The summed E-state index contributed by atoms with van der Waals surface area (Å²) in [7, 11) is 3.98. The summed E-state index contributed by atoms with van der Waals surface area (Å²) in [5.74, 6) is 0. The van der Waals surface area contributed by atoms with E-state index in [0.29, 0.717) is 6.04 Å². The number of thiazole rings is 1. The van der Waals surface area contributed by atoms with Gasteiger partial charge in [-0.05, 0) is 13.3 Å². The van der Waals surface area contributed by atoms with E-state index in [0.717, 1.165) is 18.1 Å². The van der Waals surface area contributed by atoms with Crippen LogP contribution in [-0.2, 0) is 6.54 Å². The number of rotatable bonds is 6. The molecule has 1 heterocycles. The average molecular weight is 229 g/mol. The number of nitrogens with zero attached hydrogens (tertiary/aromatic N) is 2. The van der Waals surface area contributed by atoms with Gasteiger partial charge in [-0.1, -0.05) is 0 Å². The van der Waals surface area contributed by atoms with E-state index in [-0.39, 0.29) is 6.61 Å². The van der Waals surface area contributed by atoms with Gasteiger partial charge in [0, 0.05) is 44.4 Å². The predicted octanol–water partition coefficient (Wildman–Crippen LogP) is 1.07. The van der Waals surface area contributed by atoms with Crippen LogP contribution >= 0.6 is 11.3 Å². The Kier molecular flexibility index (Phi) is 5.01. The van der Waals surface area contributed by atoms with Crippen LogP contribution in [0.15, 0.2) is 6.20 Å². The van der Waals surface area contributed by atoms with Gasteiger partial charge in [0.1, 0.15) is 0 Å². The first-order chi connectivity index (χ1) is 7.13. The molecule has 1 atom stereocenters. The summed E-state index contributed by atoms with van der Waals surface area (Å²) in [6, 6.07) is 0.347. The molecule has 86 valence electrons. The molecule has 0 radical (unpaired) electrons. The standard InChI is InChI=1S/C10H19N3OS/c1-8(4-5-14)11-6-9-7-12-10(15-9)13(2)3/h7-8,11,14H,4-6H2,1-3H3. The topological polar surface area (TPSA) is 48.4 Å². The van der Waals surface area contributed by atoms with Gasteiger partial charge in [-0.25, -0.2) is 4.98 Å². The van der Waals surface area contributed by atoms with Crippen molar-refractivity contribution in [3.8, 4) is 0 Å². The van der Waals surface area contributed by atoms with Gasteiger partial charge < -0.3 is 15.3 Å². The first-order valence-corrected chi connectivity index (χ1v) is 5.91. The van der Waals surface area contributed by atoms with Crippen LogP contribution in [0.5, 0.6) is 0 Å². The molecule has 1 rings (SSSR count). The predicted molar refractivity (Wildman–Crippen MR) is 64.4 cm³/mol. The summed E-state index contributed by atoms with van der Waals surface area (Å²) in [5, 5.41) is 13.1. The monoisotopic (exact) mass is 229 g/mol. The SMILES string of the molecule is CC(CCO)NCc1cnc(N(C)C)s1. The lowest BCUT2D eigenvalue weighted by molar-refractivity contribution is 0.269. The van der Waals surface area contributed by atoms with Crippen molar-refractivity contribution in [2.75, 3.05) is 25.6 Å². The molecule has 0 aliphatic carbocycles. The van der Waals surface area contributed by atoms with E-state index in [1.165, 1.54) is 4.88 Å². The number of aliphatic hydroxyl groups is 1. The van der Waals surface area contributed by atoms with Crippen LogP contribution in [0, 0.1) is 0 Å². The molecule has 5 heteroatoms. The highest BCUT2D eigenvalue weighted by Gasteiger charge is 2.05. The Labute approximate surface area is 94.9 Å². The fourth-order valence-corrected chi connectivity index (χ4v) is 1.94. The van der Waals surface area contributed by atoms with E-state index in [9.17, 15) is 0 Å². The third kappa shape index (κ3) is 4.15. The average Bonchev–Trinajstić information content (AvgIpc) is 2.63. The zero-order chi connectivity index (χ0) is 11.3. The van der Waals surface area contributed by atoms with Crippen LogP contribution in [0.4, 0.5) is 5.13 Å². The highest BCUT2D eigenvalue weighted by molar-refractivity contribution is 7.15. The summed E-state index contributed by atoms with van der Waals surface area (Å²) in [4.78, 5) is 7.53. The molecule has 0 fully saturated rings. The van der Waals surface area contributed by atoms with Gasteiger partial charge in [0.05, 0.1) is 0 Å². The Balaban J connectivity index is 2.37. The number of hydrogen-bond acceptors (Lipinski definition) is 5. The maximum atomic E-state index is 8.75. The summed E-state index contributed by atoms with van der Waals surface area (Å²) in [5.41, 5.74) is 0. The van der Waals surface area contributed by atoms with Crippen LogP contribution in [0.3, 0.4) is 0 Å². The van der Waals surface area contributed by atoms with Crippen molar-refractivity contribution < 1.29 is 5.11 Å². The fourth-order valence-electron chi connectivity index (χ4n) is 1.16. The van der Waals surface area contributed by atoms with Crippen LogP contribution < -0.4 is 10.2 Å². The van der Waals surface area contributed by atoms with Crippen LogP contribution in [0.1, 0.15) is 18.2 Å². The second-order valence-corrected chi connectivity index (χ2v) is 4.89. The van der Waals surface area contributed by atoms with Crippen molar-refractivity contribution in [1.29, 1.82) is 0 Å². The van der Waals surface area contributed by atoms with Crippen molar-refractivity contribution in [3.63, 3.8) is 0 Å². The van der Waals surface area contributed by atoms with E-state index < -0.39 is 0 Å². The molecule has 0 amide bonds. The number of anilines is 1. The fraction of sp³-hybridized carbons (Fsp3) is 0.700. The maximum Gasteiger partial charge on any atom is 0.185 e. The second-order valence-electron chi connectivity index (χ2n) is 3.80. The molecule has 0 spiro atoms. The molecule has 15 heavy (non-hydrogen) atoms. The van der Waals surface area contributed by atoms with Crippen LogP contribution in [-0.4, -0.2) is 36.8 Å². The molecule has 1 aromatic heterocycles. The molecule has 0 aliphatic heterocycles. The van der Waals surface area contributed by atoms with Crippen molar-refractivity contribution in [3.05, 3.63) is 11.1 Å². The Morgan fingerprint density at radius 2 is 2.33 bits per heavy atom. The van der Waals surface area contributed by atoms with E-state index in [4.69, 9.17) is 5.11 Å². The molecule has 0 aromatic carbocycles. The minimum absolute atomic E-state index is 0.236. The number of nitrogens with one attached hydrogen (secondary N) is 1. The first kappa shape index (κ1) is 12.4. The van der Waals surface area contributed by atoms with E-state index >= 15 is 0 Å². The largest absolute Gasteiger partial charge is 0.396 e. The first-order valence-electron chi connectivity index (χ1n) is 5.09. The Bertz CT molecular complexity index is 288. The minimum Gasteiger partial charge on any atom is -0.396 e. The lowest BCUT2D eigenvalue weighted by atomic mass is 10.2. The highest BCUT2D eigenvalue weighted by atomic mass is 32.1. The molecule has 1 aromatic rings. The number of hydrogen-bond donors (Lipinski definition) is 2. The molecule has 0 saturated heterocycles. The van der Waals surface area contributed by atoms with Gasteiger partial charge in [0.15, 0.2) is 5.13 Å². The third-order valence-corrected chi connectivity index (χ3v) is 3.28. The van der Waals surface area contributed by atoms with Crippen molar-refractivity contribution >= 4 is 16.5 Å². The summed E-state index contributed by atoms with van der Waals surface area (Å²) in [6.45, 7) is 3.14.